The Kier molecular flexibility index (Phi) is 2.22. The molecule has 0 aliphatic rings. The number of hydrogen-bond acceptors (Lipinski definition) is 2. The SMILES string of the molecule is Cn1nc(-c2cccc3c(Br)c[nH]c23)cc1N. The summed E-state index contributed by atoms with van der Waals surface area (Å²) in [6.07, 6.45) is 1.93. The van der Waals surface area contributed by atoms with E-state index in [4.69, 9.17) is 5.73 Å². The first-order valence-electron chi connectivity index (χ1n) is 5.22. The number of halogens is 1. The molecule has 0 aliphatic heterocycles. The van der Waals surface area contributed by atoms with Gasteiger partial charge >= 0.3 is 0 Å². The topological polar surface area (TPSA) is 59.6 Å². The first kappa shape index (κ1) is 10.4. The van der Waals surface area contributed by atoms with Crippen molar-refractivity contribution in [2.75, 3.05) is 5.73 Å². The molecular formula is C12H11BrN4. The van der Waals surface area contributed by atoms with Crippen molar-refractivity contribution in [1.82, 2.24) is 14.8 Å². The maximum absolute atomic E-state index is 5.81. The summed E-state index contributed by atoms with van der Waals surface area (Å²) < 4.78 is 2.73. The Balaban J connectivity index is 2.30. The van der Waals surface area contributed by atoms with Gasteiger partial charge in [0.1, 0.15) is 5.82 Å². The molecule has 3 aromatic rings. The summed E-state index contributed by atoms with van der Waals surface area (Å²) in [5, 5.41) is 5.54. The molecule has 0 saturated carbocycles. The zero-order valence-electron chi connectivity index (χ0n) is 9.24. The molecule has 86 valence electrons. The van der Waals surface area contributed by atoms with Gasteiger partial charge in [-0.25, -0.2) is 0 Å². The maximum atomic E-state index is 5.81. The van der Waals surface area contributed by atoms with Crippen LogP contribution in [0, 0.1) is 0 Å². The Morgan fingerprint density at radius 3 is 2.94 bits per heavy atom. The van der Waals surface area contributed by atoms with Gasteiger partial charge in [-0.2, -0.15) is 5.10 Å². The van der Waals surface area contributed by atoms with Crippen LogP contribution < -0.4 is 5.73 Å². The molecule has 5 heteroatoms. The fourth-order valence-electron chi connectivity index (χ4n) is 1.95. The summed E-state index contributed by atoms with van der Waals surface area (Å²) in [7, 11) is 1.84. The number of nitrogens with two attached hydrogens (primary N) is 1. The maximum Gasteiger partial charge on any atom is 0.121 e. The molecule has 0 fully saturated rings. The summed E-state index contributed by atoms with van der Waals surface area (Å²) >= 11 is 3.51. The second-order valence-corrected chi connectivity index (χ2v) is 4.80. The highest BCUT2D eigenvalue weighted by Gasteiger charge is 2.10. The van der Waals surface area contributed by atoms with E-state index in [9.17, 15) is 0 Å². The van der Waals surface area contributed by atoms with Gasteiger partial charge in [-0.1, -0.05) is 18.2 Å². The van der Waals surface area contributed by atoms with E-state index in [2.05, 4.69) is 32.1 Å². The van der Waals surface area contributed by atoms with Crippen molar-refractivity contribution in [2.45, 2.75) is 0 Å². The third-order valence-electron chi connectivity index (χ3n) is 2.86. The molecule has 0 amide bonds. The third-order valence-corrected chi connectivity index (χ3v) is 3.51. The van der Waals surface area contributed by atoms with Crippen LogP contribution >= 0.6 is 15.9 Å². The van der Waals surface area contributed by atoms with Crippen LogP contribution in [0.25, 0.3) is 22.2 Å². The van der Waals surface area contributed by atoms with Crippen molar-refractivity contribution in [3.8, 4) is 11.3 Å². The van der Waals surface area contributed by atoms with Crippen LogP contribution in [0.5, 0.6) is 0 Å². The molecular weight excluding hydrogens is 280 g/mol. The minimum Gasteiger partial charge on any atom is -0.384 e. The van der Waals surface area contributed by atoms with Crippen molar-refractivity contribution in [3.05, 3.63) is 34.9 Å². The van der Waals surface area contributed by atoms with E-state index in [1.807, 2.05) is 31.4 Å². The standard InChI is InChI=1S/C12H11BrN4/c1-17-11(14)5-10(16-17)8-4-2-3-7-9(13)6-15-12(7)8/h2-6,15H,14H2,1H3. The van der Waals surface area contributed by atoms with Crippen LogP contribution in [-0.4, -0.2) is 14.8 Å². The number of benzene rings is 1. The summed E-state index contributed by atoms with van der Waals surface area (Å²) in [6.45, 7) is 0. The number of hydrogen-bond donors (Lipinski definition) is 2. The van der Waals surface area contributed by atoms with Crippen molar-refractivity contribution >= 4 is 32.7 Å². The predicted molar refractivity (Wildman–Crippen MR) is 72.6 cm³/mol. The molecule has 3 N–H and O–H groups in total. The molecule has 2 heterocycles. The molecule has 0 spiro atoms. The number of nitrogens with zero attached hydrogens (tertiary/aromatic N) is 2. The van der Waals surface area contributed by atoms with Crippen molar-refractivity contribution in [3.63, 3.8) is 0 Å². The fraction of sp³-hybridized carbons (Fsp3) is 0.0833. The van der Waals surface area contributed by atoms with Crippen LogP contribution in [-0.2, 0) is 7.05 Å². The Hall–Kier alpha value is -1.75. The van der Waals surface area contributed by atoms with E-state index in [1.165, 1.54) is 0 Å². The molecule has 0 saturated heterocycles. The Morgan fingerprint density at radius 1 is 1.41 bits per heavy atom. The summed E-state index contributed by atoms with van der Waals surface area (Å²) in [4.78, 5) is 3.25. The quantitative estimate of drug-likeness (QED) is 0.724. The molecule has 4 nitrogen and oxygen atoms in total. The number of aromatic nitrogens is 3. The van der Waals surface area contributed by atoms with Gasteiger partial charge in [-0.3, -0.25) is 4.68 Å². The van der Waals surface area contributed by atoms with Gasteiger partial charge in [-0.05, 0) is 15.9 Å². The Labute approximate surface area is 107 Å². The number of nitrogens with one attached hydrogen (secondary N) is 1. The van der Waals surface area contributed by atoms with Gasteiger partial charge in [0.2, 0.25) is 0 Å². The number of fused-ring (bicyclic) bond motifs is 1. The lowest BCUT2D eigenvalue weighted by Gasteiger charge is -1.99. The van der Waals surface area contributed by atoms with Gasteiger partial charge in [0.15, 0.2) is 0 Å². The van der Waals surface area contributed by atoms with Gasteiger partial charge in [0.25, 0.3) is 0 Å². The number of aromatic amines is 1. The van der Waals surface area contributed by atoms with E-state index in [1.54, 1.807) is 4.68 Å². The minimum atomic E-state index is 0.655. The third kappa shape index (κ3) is 1.54. The van der Waals surface area contributed by atoms with Crippen LogP contribution in [0.1, 0.15) is 0 Å². The number of para-hydroxylation sites is 1. The zero-order valence-corrected chi connectivity index (χ0v) is 10.8. The molecule has 2 aromatic heterocycles. The molecule has 0 atom stereocenters. The first-order valence-corrected chi connectivity index (χ1v) is 6.01. The first-order chi connectivity index (χ1) is 8.16. The van der Waals surface area contributed by atoms with Crippen LogP contribution in [0.3, 0.4) is 0 Å². The smallest absolute Gasteiger partial charge is 0.121 e. The van der Waals surface area contributed by atoms with E-state index in [0.29, 0.717) is 5.82 Å². The largest absolute Gasteiger partial charge is 0.384 e. The van der Waals surface area contributed by atoms with Gasteiger partial charge in [0, 0.05) is 34.7 Å². The number of H-pyrrole nitrogens is 1. The highest BCUT2D eigenvalue weighted by molar-refractivity contribution is 9.10. The molecule has 0 unspecified atom stereocenters. The van der Waals surface area contributed by atoms with Gasteiger partial charge in [-0.15, -0.1) is 0 Å². The van der Waals surface area contributed by atoms with Gasteiger partial charge in [0.05, 0.1) is 11.2 Å². The van der Waals surface area contributed by atoms with Crippen LogP contribution in [0.4, 0.5) is 5.82 Å². The Bertz CT molecular complexity index is 676. The molecule has 0 aliphatic carbocycles. The lowest BCUT2D eigenvalue weighted by Crippen LogP contribution is -1.96. The predicted octanol–water partition coefficient (Wildman–Crippen LogP) is 2.91. The normalized spacial score (nSPS) is 11.2. The molecule has 0 bridgehead atoms. The number of anilines is 1. The van der Waals surface area contributed by atoms with E-state index in [-0.39, 0.29) is 0 Å². The van der Waals surface area contributed by atoms with E-state index < -0.39 is 0 Å². The van der Waals surface area contributed by atoms with E-state index >= 15 is 0 Å². The van der Waals surface area contributed by atoms with E-state index in [0.717, 1.165) is 26.6 Å². The summed E-state index contributed by atoms with van der Waals surface area (Å²) in [5.41, 5.74) is 8.81. The highest BCUT2D eigenvalue weighted by Crippen LogP contribution is 2.31. The van der Waals surface area contributed by atoms with Crippen LogP contribution in [0.2, 0.25) is 0 Å². The number of aryl methyl sites for hydroxylation is 1. The summed E-state index contributed by atoms with van der Waals surface area (Å²) in [5.74, 6) is 0.655. The number of rotatable bonds is 1. The molecule has 17 heavy (non-hydrogen) atoms. The van der Waals surface area contributed by atoms with Crippen molar-refractivity contribution < 1.29 is 0 Å². The second kappa shape index (κ2) is 3.63. The van der Waals surface area contributed by atoms with Crippen molar-refractivity contribution in [1.29, 1.82) is 0 Å². The van der Waals surface area contributed by atoms with Gasteiger partial charge < -0.3 is 10.7 Å². The lowest BCUT2D eigenvalue weighted by molar-refractivity contribution is 0.782. The second-order valence-electron chi connectivity index (χ2n) is 3.94. The number of nitrogen functional groups attached to an aromatic ring is 1. The molecule has 3 rings (SSSR count). The lowest BCUT2D eigenvalue weighted by atomic mass is 10.1. The highest BCUT2D eigenvalue weighted by atomic mass is 79.9. The fourth-order valence-corrected chi connectivity index (χ4v) is 2.39. The van der Waals surface area contributed by atoms with Crippen molar-refractivity contribution in [2.24, 2.45) is 7.05 Å². The molecule has 1 aromatic carbocycles. The molecule has 0 radical (unpaired) electrons. The zero-order chi connectivity index (χ0) is 12.0. The Morgan fingerprint density at radius 2 is 2.24 bits per heavy atom. The summed E-state index contributed by atoms with van der Waals surface area (Å²) in [6, 6.07) is 7.99. The minimum absolute atomic E-state index is 0.655. The monoisotopic (exact) mass is 290 g/mol. The van der Waals surface area contributed by atoms with Crippen LogP contribution in [0.15, 0.2) is 34.9 Å². The average molecular weight is 291 g/mol. The average Bonchev–Trinajstić information content (AvgIpc) is 2.84.